The fourth-order valence-electron chi connectivity index (χ4n) is 1.71. The molecule has 6 nitrogen and oxygen atoms in total. The summed E-state index contributed by atoms with van der Waals surface area (Å²) in [5.41, 5.74) is 0.0203. The van der Waals surface area contributed by atoms with Crippen LogP contribution in [0.15, 0.2) is 18.2 Å². The van der Waals surface area contributed by atoms with Crippen LogP contribution < -0.4 is 14.8 Å². The van der Waals surface area contributed by atoms with Crippen molar-refractivity contribution in [3.63, 3.8) is 0 Å². The summed E-state index contributed by atoms with van der Waals surface area (Å²) in [6.07, 6.45) is 2.28. The summed E-state index contributed by atoms with van der Waals surface area (Å²) in [6, 6.07) is 4.85. The zero-order chi connectivity index (χ0) is 14.5. The van der Waals surface area contributed by atoms with Gasteiger partial charge in [0, 0.05) is 6.04 Å². The van der Waals surface area contributed by atoms with Crippen LogP contribution in [0.4, 0.5) is 0 Å². The second-order valence-corrected chi connectivity index (χ2v) is 4.61. The number of carbonyl (C=O) groups is 2. The van der Waals surface area contributed by atoms with Crippen LogP contribution in [0.5, 0.6) is 11.5 Å². The van der Waals surface area contributed by atoms with Crippen molar-refractivity contribution in [2.24, 2.45) is 0 Å². The number of benzene rings is 1. The second kappa shape index (κ2) is 6.27. The van der Waals surface area contributed by atoms with Crippen LogP contribution in [0.25, 0.3) is 0 Å². The van der Waals surface area contributed by atoms with Crippen LogP contribution in [-0.4, -0.2) is 36.7 Å². The highest BCUT2D eigenvalue weighted by Gasteiger charge is 2.23. The summed E-state index contributed by atoms with van der Waals surface area (Å²) in [4.78, 5) is 22.6. The molecule has 0 spiro atoms. The molecular formula is C14H17NO5. The molecule has 0 unspecified atom stereocenters. The Hall–Kier alpha value is -2.24. The minimum Gasteiger partial charge on any atom is -0.497 e. The lowest BCUT2D eigenvalue weighted by Crippen LogP contribution is -2.26. The molecule has 1 aromatic carbocycles. The first-order valence-corrected chi connectivity index (χ1v) is 6.43. The summed E-state index contributed by atoms with van der Waals surface area (Å²) < 4.78 is 10.3. The Kier molecular flexibility index (Phi) is 4.45. The zero-order valence-electron chi connectivity index (χ0n) is 11.2. The van der Waals surface area contributed by atoms with Crippen LogP contribution in [0.3, 0.4) is 0 Å². The van der Waals surface area contributed by atoms with Gasteiger partial charge in [-0.2, -0.15) is 0 Å². The molecule has 1 aliphatic rings. The molecule has 1 aliphatic carbocycles. The maximum absolute atomic E-state index is 11.5. The largest absolute Gasteiger partial charge is 0.497 e. The first-order chi connectivity index (χ1) is 9.60. The van der Waals surface area contributed by atoms with Gasteiger partial charge in [-0.3, -0.25) is 4.79 Å². The van der Waals surface area contributed by atoms with Crippen molar-refractivity contribution in [3.8, 4) is 11.5 Å². The SMILES string of the molecule is COc1ccc(OCCC(=O)NC2CC2)c(C(=O)O)c1. The van der Waals surface area contributed by atoms with Crippen molar-refractivity contribution < 1.29 is 24.2 Å². The lowest BCUT2D eigenvalue weighted by Gasteiger charge is -2.10. The van der Waals surface area contributed by atoms with E-state index in [4.69, 9.17) is 14.6 Å². The topological polar surface area (TPSA) is 84.9 Å². The average molecular weight is 279 g/mol. The van der Waals surface area contributed by atoms with Gasteiger partial charge in [-0.1, -0.05) is 0 Å². The van der Waals surface area contributed by atoms with E-state index in [9.17, 15) is 9.59 Å². The van der Waals surface area contributed by atoms with E-state index in [1.807, 2.05) is 0 Å². The number of carboxylic acids is 1. The molecule has 0 aromatic heterocycles. The molecule has 1 aromatic rings. The molecule has 2 rings (SSSR count). The van der Waals surface area contributed by atoms with Gasteiger partial charge in [0.15, 0.2) is 0 Å². The fourth-order valence-corrected chi connectivity index (χ4v) is 1.71. The van der Waals surface area contributed by atoms with Gasteiger partial charge in [0.25, 0.3) is 0 Å². The maximum atomic E-state index is 11.5. The Labute approximate surface area is 116 Å². The average Bonchev–Trinajstić information content (AvgIpc) is 3.22. The summed E-state index contributed by atoms with van der Waals surface area (Å²) >= 11 is 0. The lowest BCUT2D eigenvalue weighted by molar-refractivity contribution is -0.121. The first kappa shape index (κ1) is 14.2. The molecule has 20 heavy (non-hydrogen) atoms. The number of amides is 1. The summed E-state index contributed by atoms with van der Waals surface area (Å²) in [7, 11) is 1.46. The van der Waals surface area contributed by atoms with Crippen LogP contribution in [0.1, 0.15) is 29.6 Å². The van der Waals surface area contributed by atoms with Crippen LogP contribution >= 0.6 is 0 Å². The van der Waals surface area contributed by atoms with Gasteiger partial charge >= 0.3 is 5.97 Å². The molecular weight excluding hydrogens is 262 g/mol. The highest BCUT2D eigenvalue weighted by molar-refractivity contribution is 5.91. The molecule has 0 saturated heterocycles. The Morgan fingerprint density at radius 2 is 2.15 bits per heavy atom. The predicted molar refractivity (Wildman–Crippen MR) is 71.2 cm³/mol. The van der Waals surface area contributed by atoms with Gasteiger partial charge in [-0.25, -0.2) is 4.79 Å². The van der Waals surface area contributed by atoms with E-state index in [0.29, 0.717) is 11.8 Å². The number of rotatable bonds is 7. The highest BCUT2D eigenvalue weighted by Crippen LogP contribution is 2.24. The van der Waals surface area contributed by atoms with Gasteiger partial charge in [0.2, 0.25) is 5.91 Å². The Morgan fingerprint density at radius 1 is 1.40 bits per heavy atom. The Bertz CT molecular complexity index is 510. The van der Waals surface area contributed by atoms with Gasteiger partial charge in [0.1, 0.15) is 17.1 Å². The molecule has 1 fully saturated rings. The van der Waals surface area contributed by atoms with Crippen LogP contribution in [-0.2, 0) is 4.79 Å². The van der Waals surface area contributed by atoms with Crippen molar-refractivity contribution in [3.05, 3.63) is 23.8 Å². The molecule has 1 saturated carbocycles. The number of carbonyl (C=O) groups excluding carboxylic acids is 1. The van der Waals surface area contributed by atoms with E-state index in [1.54, 1.807) is 6.07 Å². The van der Waals surface area contributed by atoms with Gasteiger partial charge in [-0.05, 0) is 31.0 Å². The van der Waals surface area contributed by atoms with E-state index in [1.165, 1.54) is 19.2 Å². The third-order valence-electron chi connectivity index (χ3n) is 2.95. The van der Waals surface area contributed by atoms with Crippen molar-refractivity contribution >= 4 is 11.9 Å². The number of hydrogen-bond acceptors (Lipinski definition) is 4. The quantitative estimate of drug-likeness (QED) is 0.789. The summed E-state index contributed by atoms with van der Waals surface area (Å²) in [5.74, 6) is -0.488. The number of carboxylic acid groups (broad SMARTS) is 1. The third-order valence-corrected chi connectivity index (χ3v) is 2.95. The molecule has 0 atom stereocenters. The predicted octanol–water partition coefficient (Wildman–Crippen LogP) is 1.44. The molecule has 1 amide bonds. The minimum absolute atomic E-state index is 0.0203. The summed E-state index contributed by atoms with van der Waals surface area (Å²) in [6.45, 7) is 0.144. The molecule has 0 bridgehead atoms. The fraction of sp³-hybridized carbons (Fsp3) is 0.429. The van der Waals surface area contributed by atoms with Crippen molar-refractivity contribution in [1.82, 2.24) is 5.32 Å². The number of ether oxygens (including phenoxy) is 2. The minimum atomic E-state index is -1.10. The lowest BCUT2D eigenvalue weighted by atomic mass is 10.2. The van der Waals surface area contributed by atoms with Crippen molar-refractivity contribution in [2.75, 3.05) is 13.7 Å². The van der Waals surface area contributed by atoms with E-state index >= 15 is 0 Å². The van der Waals surface area contributed by atoms with Crippen molar-refractivity contribution in [1.29, 1.82) is 0 Å². The van der Waals surface area contributed by atoms with E-state index in [2.05, 4.69) is 5.32 Å². The molecule has 0 aliphatic heterocycles. The zero-order valence-corrected chi connectivity index (χ0v) is 11.2. The van der Waals surface area contributed by atoms with Gasteiger partial charge in [-0.15, -0.1) is 0 Å². The van der Waals surface area contributed by atoms with Gasteiger partial charge in [0.05, 0.1) is 20.1 Å². The second-order valence-electron chi connectivity index (χ2n) is 4.61. The number of methoxy groups -OCH3 is 1. The Balaban J connectivity index is 1.90. The van der Waals surface area contributed by atoms with Gasteiger partial charge < -0.3 is 19.9 Å². The smallest absolute Gasteiger partial charge is 0.339 e. The highest BCUT2D eigenvalue weighted by atomic mass is 16.5. The van der Waals surface area contributed by atoms with Crippen LogP contribution in [0, 0.1) is 0 Å². The maximum Gasteiger partial charge on any atom is 0.339 e. The van der Waals surface area contributed by atoms with E-state index in [0.717, 1.165) is 12.8 Å². The van der Waals surface area contributed by atoms with Crippen LogP contribution in [0.2, 0.25) is 0 Å². The number of nitrogens with one attached hydrogen (secondary N) is 1. The number of hydrogen-bond donors (Lipinski definition) is 2. The third kappa shape index (κ3) is 3.88. The molecule has 0 heterocycles. The monoisotopic (exact) mass is 279 g/mol. The van der Waals surface area contributed by atoms with E-state index < -0.39 is 5.97 Å². The molecule has 108 valence electrons. The normalized spacial score (nSPS) is 13.7. The van der Waals surface area contributed by atoms with E-state index in [-0.39, 0.29) is 30.2 Å². The molecule has 6 heteroatoms. The molecule has 0 radical (unpaired) electrons. The summed E-state index contributed by atoms with van der Waals surface area (Å²) in [5, 5.41) is 11.9. The standard InChI is InChI=1S/C14H17NO5/c1-19-10-4-5-12(11(8-10)14(17)18)20-7-6-13(16)15-9-2-3-9/h4-5,8-9H,2-3,6-7H2,1H3,(H,15,16)(H,17,18). The number of aromatic carboxylic acids is 1. The molecule has 2 N–H and O–H groups in total. The van der Waals surface area contributed by atoms with Crippen molar-refractivity contribution in [2.45, 2.75) is 25.3 Å². The Morgan fingerprint density at radius 3 is 2.75 bits per heavy atom. The first-order valence-electron chi connectivity index (χ1n) is 6.43.